The van der Waals surface area contributed by atoms with Crippen LogP contribution in [0.5, 0.6) is 0 Å². The lowest BCUT2D eigenvalue weighted by atomic mass is 9.91. The van der Waals surface area contributed by atoms with Crippen molar-refractivity contribution < 1.29 is 4.79 Å². The van der Waals surface area contributed by atoms with Gasteiger partial charge in [-0.1, -0.05) is 42.5 Å². The van der Waals surface area contributed by atoms with Crippen LogP contribution in [0.25, 0.3) is 0 Å². The van der Waals surface area contributed by atoms with E-state index < -0.39 is 0 Å². The van der Waals surface area contributed by atoms with Crippen LogP contribution in [0.15, 0.2) is 72.1 Å². The second-order valence-electron chi connectivity index (χ2n) is 6.36. The van der Waals surface area contributed by atoms with Crippen molar-refractivity contribution in [2.45, 2.75) is 25.4 Å². The van der Waals surface area contributed by atoms with Crippen LogP contribution in [0.4, 0.5) is 11.4 Å². The molecule has 126 valence electrons. The molecular weight excluding hydrogens is 328 g/mol. The summed E-state index contributed by atoms with van der Waals surface area (Å²) in [5.74, 6) is 0.0908. The third kappa shape index (κ3) is 3.05. The Kier molecular flexibility index (Phi) is 4.28. The van der Waals surface area contributed by atoms with E-state index in [9.17, 15) is 4.79 Å². The van der Waals surface area contributed by atoms with Crippen molar-refractivity contribution in [1.29, 1.82) is 0 Å². The van der Waals surface area contributed by atoms with Gasteiger partial charge in [-0.25, -0.2) is 0 Å². The molecule has 2 heterocycles. The Hall–Kier alpha value is -2.59. The first-order chi connectivity index (χ1) is 12.2. The first-order valence-electron chi connectivity index (χ1n) is 8.51. The molecule has 0 saturated carbocycles. The first-order valence-corrected chi connectivity index (χ1v) is 9.39. The summed E-state index contributed by atoms with van der Waals surface area (Å²) in [7, 11) is 0. The number of para-hydroxylation sites is 2. The number of nitrogens with zero attached hydrogens (tertiary/aromatic N) is 1. The van der Waals surface area contributed by atoms with Gasteiger partial charge in [0.2, 0.25) is 0 Å². The number of hydrogen-bond donors (Lipinski definition) is 1. The number of nitrogens with one attached hydrogen (secondary N) is 1. The molecule has 3 nitrogen and oxygen atoms in total. The van der Waals surface area contributed by atoms with E-state index >= 15 is 0 Å². The van der Waals surface area contributed by atoms with E-state index in [4.69, 9.17) is 0 Å². The molecule has 1 aliphatic rings. The number of carbonyl (C=O) groups excluding carboxylic acids is 1. The van der Waals surface area contributed by atoms with Gasteiger partial charge in [-0.15, -0.1) is 11.3 Å². The first kappa shape index (κ1) is 15.9. The van der Waals surface area contributed by atoms with E-state index in [0.29, 0.717) is 0 Å². The van der Waals surface area contributed by atoms with Gasteiger partial charge in [0.25, 0.3) is 5.91 Å². The fourth-order valence-electron chi connectivity index (χ4n) is 3.51. The molecule has 1 aromatic heterocycles. The Bertz CT molecular complexity index is 861. The van der Waals surface area contributed by atoms with Crippen molar-refractivity contribution in [3.8, 4) is 0 Å². The van der Waals surface area contributed by atoms with Crippen LogP contribution in [0, 0.1) is 0 Å². The van der Waals surface area contributed by atoms with E-state index in [1.165, 1.54) is 16.9 Å². The minimum Gasteiger partial charge on any atom is -0.378 e. The summed E-state index contributed by atoms with van der Waals surface area (Å²) >= 11 is 1.50. The molecule has 4 heteroatoms. The summed E-state index contributed by atoms with van der Waals surface area (Å²) < 4.78 is 0. The summed E-state index contributed by atoms with van der Waals surface area (Å²) in [6.07, 6.45) is 0.878. The smallest absolute Gasteiger partial charge is 0.268 e. The standard InChI is InChI=1S/C21H20N2OS/c1-15-14-18(22-16-8-3-2-4-9-16)17-10-5-6-11-19(17)23(15)21(24)20-12-7-13-25-20/h2-13,15,18,22H,14H2,1H3/t15-,18-/m1/s1. The highest BCUT2D eigenvalue weighted by Gasteiger charge is 2.34. The van der Waals surface area contributed by atoms with Gasteiger partial charge in [-0.3, -0.25) is 4.79 Å². The number of anilines is 2. The lowest BCUT2D eigenvalue weighted by Gasteiger charge is -2.39. The van der Waals surface area contributed by atoms with Crippen LogP contribution in [-0.2, 0) is 0 Å². The number of rotatable bonds is 3. The summed E-state index contributed by atoms with van der Waals surface area (Å²) in [4.78, 5) is 15.8. The molecule has 0 radical (unpaired) electrons. The molecule has 0 bridgehead atoms. The summed E-state index contributed by atoms with van der Waals surface area (Å²) in [5.41, 5.74) is 3.29. The molecule has 0 fully saturated rings. The van der Waals surface area contributed by atoms with Crippen LogP contribution >= 0.6 is 11.3 Å². The lowest BCUT2D eigenvalue weighted by Crippen LogP contribution is -2.44. The quantitative estimate of drug-likeness (QED) is 0.693. The van der Waals surface area contributed by atoms with E-state index in [-0.39, 0.29) is 18.0 Å². The maximum absolute atomic E-state index is 13.0. The van der Waals surface area contributed by atoms with Gasteiger partial charge in [0.05, 0.1) is 10.9 Å². The second-order valence-corrected chi connectivity index (χ2v) is 7.31. The second kappa shape index (κ2) is 6.73. The number of benzene rings is 2. The predicted molar refractivity (Wildman–Crippen MR) is 104 cm³/mol. The van der Waals surface area contributed by atoms with E-state index in [2.05, 4.69) is 36.5 Å². The third-order valence-corrected chi connectivity index (χ3v) is 5.51. The van der Waals surface area contributed by atoms with Crippen molar-refractivity contribution in [3.05, 3.63) is 82.6 Å². The maximum Gasteiger partial charge on any atom is 0.268 e. The van der Waals surface area contributed by atoms with Gasteiger partial charge in [-0.2, -0.15) is 0 Å². The van der Waals surface area contributed by atoms with Gasteiger partial charge in [0.15, 0.2) is 0 Å². The largest absolute Gasteiger partial charge is 0.378 e. The maximum atomic E-state index is 13.0. The van der Waals surface area contributed by atoms with Gasteiger partial charge in [0, 0.05) is 17.4 Å². The SMILES string of the molecule is C[C@@H]1C[C@@H](Nc2ccccc2)c2ccccc2N1C(=O)c1cccs1. The molecule has 0 saturated heterocycles. The van der Waals surface area contributed by atoms with Crippen molar-refractivity contribution >= 4 is 28.6 Å². The zero-order valence-corrected chi connectivity index (χ0v) is 14.9. The zero-order chi connectivity index (χ0) is 17.2. The number of hydrogen-bond acceptors (Lipinski definition) is 3. The molecular formula is C21H20N2OS. The van der Waals surface area contributed by atoms with Crippen molar-refractivity contribution in [2.75, 3.05) is 10.2 Å². The Balaban J connectivity index is 1.69. The molecule has 25 heavy (non-hydrogen) atoms. The van der Waals surface area contributed by atoms with Gasteiger partial charge in [-0.05, 0) is 48.6 Å². The number of fused-ring (bicyclic) bond motifs is 1. The Labute approximate surface area is 151 Å². The molecule has 1 aliphatic heterocycles. The van der Waals surface area contributed by atoms with Gasteiger partial charge >= 0.3 is 0 Å². The number of amides is 1. The highest BCUT2D eigenvalue weighted by Crippen LogP contribution is 2.39. The predicted octanol–water partition coefficient (Wildman–Crippen LogP) is 5.34. The molecule has 2 aromatic carbocycles. The highest BCUT2D eigenvalue weighted by molar-refractivity contribution is 7.12. The number of carbonyl (C=O) groups is 1. The van der Waals surface area contributed by atoms with E-state index in [1.54, 1.807) is 0 Å². The molecule has 0 unspecified atom stereocenters. The normalized spacial score (nSPS) is 19.3. The third-order valence-electron chi connectivity index (χ3n) is 4.65. The van der Waals surface area contributed by atoms with Crippen LogP contribution in [0.3, 0.4) is 0 Å². The average molecular weight is 348 g/mol. The Morgan fingerprint density at radius 3 is 2.56 bits per heavy atom. The van der Waals surface area contributed by atoms with Crippen molar-refractivity contribution in [3.63, 3.8) is 0 Å². The van der Waals surface area contributed by atoms with Crippen LogP contribution in [0.1, 0.15) is 34.6 Å². The Morgan fingerprint density at radius 1 is 1.04 bits per heavy atom. The molecule has 3 aromatic rings. The highest BCUT2D eigenvalue weighted by atomic mass is 32.1. The molecule has 4 rings (SSSR count). The van der Waals surface area contributed by atoms with Crippen LogP contribution in [0.2, 0.25) is 0 Å². The molecule has 1 N–H and O–H groups in total. The average Bonchev–Trinajstić information content (AvgIpc) is 3.17. The molecule has 1 amide bonds. The minimum atomic E-state index is 0.0908. The minimum absolute atomic E-state index is 0.0908. The van der Waals surface area contributed by atoms with Crippen LogP contribution in [-0.4, -0.2) is 11.9 Å². The van der Waals surface area contributed by atoms with E-state index in [0.717, 1.165) is 22.7 Å². The number of thiophene rings is 1. The summed E-state index contributed by atoms with van der Waals surface area (Å²) in [5, 5.41) is 5.58. The summed E-state index contributed by atoms with van der Waals surface area (Å²) in [6, 6.07) is 22.6. The van der Waals surface area contributed by atoms with Crippen molar-refractivity contribution in [1.82, 2.24) is 0 Å². The fourth-order valence-corrected chi connectivity index (χ4v) is 4.17. The van der Waals surface area contributed by atoms with E-state index in [1.807, 2.05) is 52.7 Å². The lowest BCUT2D eigenvalue weighted by molar-refractivity contribution is 0.0978. The van der Waals surface area contributed by atoms with Crippen molar-refractivity contribution in [2.24, 2.45) is 0 Å². The fraction of sp³-hybridized carbons (Fsp3) is 0.190. The van der Waals surface area contributed by atoms with Gasteiger partial charge < -0.3 is 10.2 Å². The monoisotopic (exact) mass is 348 g/mol. The Morgan fingerprint density at radius 2 is 1.80 bits per heavy atom. The topological polar surface area (TPSA) is 32.3 Å². The van der Waals surface area contributed by atoms with Crippen LogP contribution < -0.4 is 10.2 Å². The molecule has 0 aliphatic carbocycles. The molecule has 0 spiro atoms. The molecule has 2 atom stereocenters. The van der Waals surface area contributed by atoms with Gasteiger partial charge in [0.1, 0.15) is 0 Å². The summed E-state index contributed by atoms with van der Waals surface area (Å²) in [6.45, 7) is 2.13. The zero-order valence-electron chi connectivity index (χ0n) is 14.1.